The second-order valence-electron chi connectivity index (χ2n) is 13.1. The molecule has 0 spiro atoms. The van der Waals surface area contributed by atoms with E-state index in [1.807, 2.05) is 0 Å². The molecule has 0 bridgehead atoms. The number of ether oxygens (including phenoxy) is 1. The summed E-state index contributed by atoms with van der Waals surface area (Å²) in [4.78, 5) is 75.7. The number of fused-ring (bicyclic) bond motifs is 5. The van der Waals surface area contributed by atoms with Crippen molar-refractivity contribution < 1.29 is 43.7 Å². The first kappa shape index (κ1) is 30.8. The number of hydrogen-bond acceptors (Lipinski definition) is 8. The van der Waals surface area contributed by atoms with Crippen molar-refractivity contribution in [1.29, 1.82) is 0 Å². The number of nitrogens with one attached hydrogen (secondary N) is 1. The molecule has 5 rings (SSSR count). The zero-order chi connectivity index (χ0) is 31.2. The minimum atomic E-state index is -1.83. The molecule has 1 amide bonds. The number of carboxylic acids is 1. The van der Waals surface area contributed by atoms with Gasteiger partial charge in [-0.05, 0) is 61.0 Å². The van der Waals surface area contributed by atoms with Crippen molar-refractivity contribution in [3.05, 3.63) is 47.5 Å². The predicted octanol–water partition coefficient (Wildman–Crippen LogP) is 3.26. The summed E-state index contributed by atoms with van der Waals surface area (Å²) in [6, 6.07) is 6.88. The number of amides is 1. The topological polar surface area (TPSA) is 164 Å². The summed E-state index contributed by atoms with van der Waals surface area (Å²) in [5.74, 6) is -3.61. The monoisotopic (exact) mass is 593 g/mol. The summed E-state index contributed by atoms with van der Waals surface area (Å²) in [5, 5.41) is 23.6. The minimum Gasteiger partial charge on any atom is -0.479 e. The number of ketones is 3. The zero-order valence-corrected chi connectivity index (χ0v) is 24.6. The van der Waals surface area contributed by atoms with Gasteiger partial charge in [-0.3, -0.25) is 24.0 Å². The van der Waals surface area contributed by atoms with Crippen LogP contribution in [0.3, 0.4) is 0 Å². The quantitative estimate of drug-likeness (QED) is 0.365. The first-order valence-electron chi connectivity index (χ1n) is 15.0. The molecule has 3 N–H and O–H groups in total. The Morgan fingerprint density at radius 3 is 2.44 bits per heavy atom. The summed E-state index contributed by atoms with van der Waals surface area (Å²) in [7, 11) is 0. The SMILES string of the molecule is CC12CCC(=O)C=C1CCC1C2C(=O)CC2(C)C1CCC2(O)C(=O)COC(=O)CCC(=O)NC(C(=O)O)c1ccccc1. The third kappa shape index (κ3) is 5.34. The zero-order valence-electron chi connectivity index (χ0n) is 24.6. The molecule has 43 heavy (non-hydrogen) atoms. The smallest absolute Gasteiger partial charge is 0.330 e. The van der Waals surface area contributed by atoms with Crippen LogP contribution < -0.4 is 5.32 Å². The van der Waals surface area contributed by atoms with Crippen LogP contribution in [0.1, 0.15) is 83.2 Å². The van der Waals surface area contributed by atoms with Gasteiger partial charge in [-0.1, -0.05) is 49.8 Å². The molecule has 4 aliphatic carbocycles. The lowest BCUT2D eigenvalue weighted by molar-refractivity contribution is -0.173. The van der Waals surface area contributed by atoms with Gasteiger partial charge in [-0.15, -0.1) is 0 Å². The van der Waals surface area contributed by atoms with Crippen molar-refractivity contribution in [2.24, 2.45) is 28.6 Å². The second kappa shape index (κ2) is 11.4. The van der Waals surface area contributed by atoms with E-state index in [0.717, 1.165) is 18.4 Å². The third-order valence-corrected chi connectivity index (χ3v) is 10.9. The lowest BCUT2D eigenvalue weighted by Crippen LogP contribution is -2.61. The lowest BCUT2D eigenvalue weighted by atomic mass is 9.46. The molecule has 0 aromatic heterocycles. The fraction of sp³-hybridized carbons (Fsp3) is 0.576. The van der Waals surface area contributed by atoms with Crippen LogP contribution in [0.25, 0.3) is 0 Å². The van der Waals surface area contributed by atoms with Crippen molar-refractivity contribution in [2.45, 2.75) is 83.3 Å². The first-order valence-corrected chi connectivity index (χ1v) is 15.0. The Balaban J connectivity index is 1.19. The van der Waals surface area contributed by atoms with E-state index in [1.54, 1.807) is 43.3 Å². The first-order chi connectivity index (χ1) is 20.3. The summed E-state index contributed by atoms with van der Waals surface area (Å²) in [6.45, 7) is 3.20. The molecule has 3 saturated carbocycles. The third-order valence-electron chi connectivity index (χ3n) is 10.9. The number of esters is 1. The van der Waals surface area contributed by atoms with E-state index >= 15 is 0 Å². The van der Waals surface area contributed by atoms with E-state index in [-0.39, 0.29) is 60.4 Å². The molecule has 10 nitrogen and oxygen atoms in total. The van der Waals surface area contributed by atoms with Crippen molar-refractivity contribution >= 4 is 35.2 Å². The van der Waals surface area contributed by atoms with Gasteiger partial charge in [0, 0.05) is 30.6 Å². The number of rotatable bonds is 9. The number of allylic oxidation sites excluding steroid dienone is 1. The number of carbonyl (C=O) groups is 6. The highest BCUT2D eigenvalue weighted by atomic mass is 16.5. The van der Waals surface area contributed by atoms with E-state index in [4.69, 9.17) is 4.74 Å². The molecule has 1 aromatic rings. The van der Waals surface area contributed by atoms with E-state index in [1.165, 1.54) is 0 Å². The molecule has 7 unspecified atom stereocenters. The van der Waals surface area contributed by atoms with Gasteiger partial charge in [0.1, 0.15) is 11.4 Å². The van der Waals surface area contributed by atoms with Crippen LogP contribution in [0.15, 0.2) is 42.0 Å². The van der Waals surface area contributed by atoms with Crippen LogP contribution in [-0.4, -0.2) is 57.6 Å². The Kier molecular flexibility index (Phi) is 8.19. The average molecular weight is 594 g/mol. The number of hydrogen-bond donors (Lipinski definition) is 3. The maximum absolute atomic E-state index is 13.8. The molecule has 10 heteroatoms. The Morgan fingerprint density at radius 2 is 1.74 bits per heavy atom. The number of Topliss-reactive ketones (excluding diaryl/α,β-unsaturated/α-hetero) is 2. The Labute approximate surface area is 250 Å². The van der Waals surface area contributed by atoms with Gasteiger partial charge in [0.2, 0.25) is 11.7 Å². The maximum Gasteiger partial charge on any atom is 0.330 e. The maximum atomic E-state index is 13.8. The number of aliphatic carboxylic acids is 1. The Hall–Kier alpha value is -3.66. The highest BCUT2D eigenvalue weighted by Gasteiger charge is 2.68. The standard InChI is InChI=1S/C33H39NO9/c1-31-14-12-21(35)16-20(31)8-9-22-23-13-15-33(42,32(23,2)17-24(36)28(22)31)25(37)18-43-27(39)11-10-26(38)34-29(30(40)41)19-6-4-3-5-7-19/h3-7,16,22-23,28-29,42H,8-15,17-18H2,1-2H3,(H,34,38)(H,40,41). The van der Waals surface area contributed by atoms with Gasteiger partial charge in [0.25, 0.3) is 0 Å². The van der Waals surface area contributed by atoms with Crippen molar-refractivity contribution in [2.75, 3.05) is 6.61 Å². The van der Waals surface area contributed by atoms with Gasteiger partial charge in [0.15, 0.2) is 18.4 Å². The Bertz CT molecular complexity index is 1390. The highest BCUT2D eigenvalue weighted by Crippen LogP contribution is 2.66. The predicted molar refractivity (Wildman–Crippen MR) is 152 cm³/mol. The molecule has 0 aliphatic heterocycles. The molecule has 0 heterocycles. The van der Waals surface area contributed by atoms with Crippen LogP contribution >= 0.6 is 0 Å². The summed E-state index contributed by atoms with van der Waals surface area (Å²) in [6.07, 6.45) is 4.27. The lowest BCUT2D eigenvalue weighted by Gasteiger charge is -2.57. The van der Waals surface area contributed by atoms with Crippen LogP contribution in [0.5, 0.6) is 0 Å². The number of carbonyl (C=O) groups excluding carboxylic acids is 5. The van der Waals surface area contributed by atoms with Crippen molar-refractivity contribution in [3.63, 3.8) is 0 Å². The largest absolute Gasteiger partial charge is 0.479 e. The number of carboxylic acid groups (broad SMARTS) is 1. The van der Waals surface area contributed by atoms with Gasteiger partial charge >= 0.3 is 11.9 Å². The molecule has 3 fully saturated rings. The molecular weight excluding hydrogens is 554 g/mol. The van der Waals surface area contributed by atoms with Gasteiger partial charge < -0.3 is 20.3 Å². The van der Waals surface area contributed by atoms with E-state index in [9.17, 15) is 39.0 Å². The highest BCUT2D eigenvalue weighted by molar-refractivity contribution is 5.95. The molecule has 0 radical (unpaired) electrons. The van der Waals surface area contributed by atoms with Crippen LogP contribution in [0, 0.1) is 28.6 Å². The van der Waals surface area contributed by atoms with Gasteiger partial charge in [0.05, 0.1) is 6.42 Å². The normalized spacial score (nSPS) is 33.7. The van der Waals surface area contributed by atoms with Gasteiger partial charge in [-0.2, -0.15) is 0 Å². The summed E-state index contributed by atoms with van der Waals surface area (Å²) in [5.41, 5.74) is -1.79. The van der Waals surface area contributed by atoms with Crippen LogP contribution in [-0.2, 0) is 33.5 Å². The molecule has 1 aromatic carbocycles. The van der Waals surface area contributed by atoms with Crippen LogP contribution in [0.4, 0.5) is 0 Å². The second-order valence-corrected chi connectivity index (χ2v) is 13.1. The molecule has 230 valence electrons. The molecular formula is C33H39NO9. The molecule has 0 saturated heterocycles. The average Bonchev–Trinajstić information content (AvgIpc) is 3.24. The van der Waals surface area contributed by atoms with E-state index in [0.29, 0.717) is 24.8 Å². The summed E-state index contributed by atoms with van der Waals surface area (Å²) < 4.78 is 5.15. The fourth-order valence-electron chi connectivity index (χ4n) is 8.57. The minimum absolute atomic E-state index is 0.00463. The van der Waals surface area contributed by atoms with Crippen molar-refractivity contribution in [1.82, 2.24) is 5.32 Å². The van der Waals surface area contributed by atoms with E-state index in [2.05, 4.69) is 12.2 Å². The summed E-state index contributed by atoms with van der Waals surface area (Å²) >= 11 is 0. The number of aliphatic hydroxyl groups is 1. The number of benzene rings is 1. The van der Waals surface area contributed by atoms with Crippen molar-refractivity contribution in [3.8, 4) is 0 Å². The Morgan fingerprint density at radius 1 is 1.02 bits per heavy atom. The molecule has 7 atom stereocenters. The van der Waals surface area contributed by atoms with Crippen LogP contribution in [0.2, 0.25) is 0 Å². The molecule has 4 aliphatic rings. The van der Waals surface area contributed by atoms with Gasteiger partial charge in [-0.25, -0.2) is 4.79 Å². The fourth-order valence-corrected chi connectivity index (χ4v) is 8.57. The van der Waals surface area contributed by atoms with E-state index < -0.39 is 47.3 Å².